The van der Waals surface area contributed by atoms with Gasteiger partial charge in [-0.25, -0.2) is 0 Å². The van der Waals surface area contributed by atoms with Gasteiger partial charge in [-0.05, 0) is 18.2 Å². The highest BCUT2D eigenvalue weighted by Crippen LogP contribution is 2.33. The van der Waals surface area contributed by atoms with Gasteiger partial charge >= 0.3 is 0 Å². The molecule has 5 heteroatoms. The Morgan fingerprint density at radius 3 is 2.76 bits per heavy atom. The number of nitrogens with zero attached hydrogens (tertiary/aromatic N) is 1. The monoisotopic (exact) mass is 246 g/mol. The number of benzene rings is 1. The van der Waals surface area contributed by atoms with Crippen molar-refractivity contribution in [3.8, 4) is 22.8 Å². The Kier molecular flexibility index (Phi) is 2.53. The minimum Gasteiger partial charge on any atom is -0.486 e. The number of hydrogen-bond donors (Lipinski definition) is 1. The van der Waals surface area contributed by atoms with Crippen molar-refractivity contribution in [1.29, 1.82) is 0 Å². The lowest BCUT2D eigenvalue weighted by Crippen LogP contribution is -2.15. The van der Waals surface area contributed by atoms with Gasteiger partial charge in [0.25, 0.3) is 0 Å². The van der Waals surface area contributed by atoms with Crippen LogP contribution in [-0.4, -0.2) is 23.2 Å². The Labute approximate surface area is 103 Å². The average Bonchev–Trinajstić information content (AvgIpc) is 2.38. The summed E-state index contributed by atoms with van der Waals surface area (Å²) in [5.41, 5.74) is 1.85. The van der Waals surface area contributed by atoms with Crippen LogP contribution in [0.4, 0.5) is 0 Å². The van der Waals surface area contributed by atoms with Crippen LogP contribution in [0.3, 0.4) is 0 Å². The lowest BCUT2D eigenvalue weighted by molar-refractivity contribution is 0.171. The number of nitrogens with one attached hydrogen (secondary N) is 1. The van der Waals surface area contributed by atoms with Gasteiger partial charge in [0.15, 0.2) is 11.5 Å². The van der Waals surface area contributed by atoms with Gasteiger partial charge in [-0.15, -0.1) is 0 Å². The first kappa shape index (κ1) is 10.3. The van der Waals surface area contributed by atoms with Crippen LogP contribution < -0.4 is 9.47 Å². The van der Waals surface area contributed by atoms with Gasteiger partial charge in [0, 0.05) is 5.56 Å². The molecule has 0 saturated heterocycles. The maximum absolute atomic E-state index is 5.53. The predicted octanol–water partition coefficient (Wildman–Crippen LogP) is 2.58. The van der Waals surface area contributed by atoms with E-state index in [4.69, 9.17) is 21.7 Å². The second kappa shape index (κ2) is 4.18. The van der Waals surface area contributed by atoms with Gasteiger partial charge in [-0.3, -0.25) is 4.98 Å². The van der Waals surface area contributed by atoms with Crippen LogP contribution in [0.15, 0.2) is 30.6 Å². The highest BCUT2D eigenvalue weighted by atomic mass is 32.1. The number of hydrogen-bond acceptors (Lipinski definition) is 4. The Hall–Kier alpha value is -1.88. The van der Waals surface area contributed by atoms with Crippen LogP contribution in [0.5, 0.6) is 11.5 Å². The Balaban J connectivity index is 2.07. The normalized spacial score (nSPS) is 13.4. The van der Waals surface area contributed by atoms with Crippen molar-refractivity contribution in [3.63, 3.8) is 0 Å². The standard InChI is InChI=1S/C12H10N2O2S/c17-12-7-13-6-9(14-12)8-1-2-10-11(5-8)16-4-3-15-10/h1-2,5-7H,3-4H2,(H,14,17). The zero-order valence-electron chi connectivity index (χ0n) is 8.97. The van der Waals surface area contributed by atoms with Gasteiger partial charge in [0.1, 0.15) is 17.9 Å². The Morgan fingerprint density at radius 2 is 1.94 bits per heavy atom. The predicted molar refractivity (Wildman–Crippen MR) is 65.8 cm³/mol. The number of ether oxygens (including phenoxy) is 2. The summed E-state index contributed by atoms with van der Waals surface area (Å²) in [7, 11) is 0. The van der Waals surface area contributed by atoms with Crippen molar-refractivity contribution in [2.75, 3.05) is 13.2 Å². The molecule has 0 spiro atoms. The molecule has 0 saturated carbocycles. The molecule has 1 aromatic heterocycles. The molecule has 17 heavy (non-hydrogen) atoms. The van der Waals surface area contributed by atoms with Crippen LogP contribution in [0.25, 0.3) is 11.3 Å². The fourth-order valence-corrected chi connectivity index (χ4v) is 1.91. The van der Waals surface area contributed by atoms with E-state index in [2.05, 4.69) is 9.97 Å². The van der Waals surface area contributed by atoms with Crippen LogP contribution in [-0.2, 0) is 0 Å². The molecule has 0 aliphatic carbocycles. The van der Waals surface area contributed by atoms with Crippen molar-refractivity contribution in [2.24, 2.45) is 0 Å². The zero-order chi connectivity index (χ0) is 11.7. The van der Waals surface area contributed by atoms with E-state index in [0.717, 1.165) is 22.8 Å². The SMILES string of the molecule is S=c1cncc(-c2ccc3c(c2)OCCO3)[nH]1. The van der Waals surface area contributed by atoms with E-state index in [1.165, 1.54) is 0 Å². The maximum atomic E-state index is 5.53. The average molecular weight is 246 g/mol. The summed E-state index contributed by atoms with van der Waals surface area (Å²) in [6, 6.07) is 5.78. The lowest BCUT2D eigenvalue weighted by Gasteiger charge is -2.18. The molecule has 1 aromatic carbocycles. The van der Waals surface area contributed by atoms with Crippen molar-refractivity contribution < 1.29 is 9.47 Å². The van der Waals surface area contributed by atoms with E-state index < -0.39 is 0 Å². The summed E-state index contributed by atoms with van der Waals surface area (Å²) >= 11 is 5.05. The summed E-state index contributed by atoms with van der Waals surface area (Å²) in [5.74, 6) is 1.54. The molecule has 1 aliphatic rings. The van der Waals surface area contributed by atoms with Crippen LogP contribution in [0, 0.1) is 4.64 Å². The minimum atomic E-state index is 0.583. The van der Waals surface area contributed by atoms with Crippen molar-refractivity contribution in [3.05, 3.63) is 35.2 Å². The largest absolute Gasteiger partial charge is 0.486 e. The molecule has 86 valence electrons. The maximum Gasteiger partial charge on any atom is 0.162 e. The third kappa shape index (κ3) is 2.01. The number of aromatic amines is 1. The zero-order valence-corrected chi connectivity index (χ0v) is 9.79. The van der Waals surface area contributed by atoms with Crippen molar-refractivity contribution in [1.82, 2.24) is 9.97 Å². The summed E-state index contributed by atoms with van der Waals surface area (Å²) in [6.45, 7) is 1.18. The molecule has 0 atom stereocenters. The lowest BCUT2D eigenvalue weighted by atomic mass is 10.1. The molecule has 4 nitrogen and oxygen atoms in total. The minimum absolute atomic E-state index is 0.583. The van der Waals surface area contributed by atoms with Crippen molar-refractivity contribution >= 4 is 12.2 Å². The third-order valence-electron chi connectivity index (χ3n) is 2.51. The summed E-state index contributed by atoms with van der Waals surface area (Å²) in [5, 5.41) is 0. The van der Waals surface area contributed by atoms with Crippen LogP contribution in [0.2, 0.25) is 0 Å². The molecular weight excluding hydrogens is 236 g/mol. The number of fused-ring (bicyclic) bond motifs is 1. The summed E-state index contributed by atoms with van der Waals surface area (Å²) in [4.78, 5) is 7.15. The molecule has 2 aromatic rings. The molecule has 2 heterocycles. The first-order chi connectivity index (χ1) is 8.33. The quantitative estimate of drug-likeness (QED) is 0.786. The molecule has 1 aliphatic heterocycles. The third-order valence-corrected chi connectivity index (χ3v) is 2.71. The number of rotatable bonds is 1. The Morgan fingerprint density at radius 1 is 1.12 bits per heavy atom. The molecule has 0 bridgehead atoms. The summed E-state index contributed by atoms with van der Waals surface area (Å²) < 4.78 is 11.6. The molecule has 0 unspecified atom stereocenters. The van der Waals surface area contributed by atoms with Gasteiger partial charge in [0.05, 0.1) is 18.1 Å². The van der Waals surface area contributed by atoms with E-state index in [1.54, 1.807) is 12.4 Å². The molecule has 3 rings (SSSR count). The highest BCUT2D eigenvalue weighted by molar-refractivity contribution is 7.71. The second-order valence-electron chi connectivity index (χ2n) is 3.67. The molecule has 1 N–H and O–H groups in total. The molecule has 0 radical (unpaired) electrons. The number of H-pyrrole nitrogens is 1. The topological polar surface area (TPSA) is 47.1 Å². The van der Waals surface area contributed by atoms with E-state index in [-0.39, 0.29) is 0 Å². The highest BCUT2D eigenvalue weighted by Gasteiger charge is 2.12. The first-order valence-electron chi connectivity index (χ1n) is 5.27. The van der Waals surface area contributed by atoms with Crippen LogP contribution >= 0.6 is 12.2 Å². The van der Waals surface area contributed by atoms with Gasteiger partial charge in [-0.1, -0.05) is 12.2 Å². The van der Waals surface area contributed by atoms with E-state index in [0.29, 0.717) is 17.9 Å². The fraction of sp³-hybridized carbons (Fsp3) is 0.167. The molecular formula is C12H10N2O2S. The first-order valence-corrected chi connectivity index (χ1v) is 5.68. The second-order valence-corrected chi connectivity index (χ2v) is 4.11. The van der Waals surface area contributed by atoms with Crippen molar-refractivity contribution in [2.45, 2.75) is 0 Å². The van der Waals surface area contributed by atoms with E-state index in [9.17, 15) is 0 Å². The van der Waals surface area contributed by atoms with Gasteiger partial charge in [-0.2, -0.15) is 0 Å². The van der Waals surface area contributed by atoms with Gasteiger partial charge in [0.2, 0.25) is 0 Å². The molecule has 0 amide bonds. The Bertz CT molecular complexity index is 609. The molecule has 0 fully saturated rings. The number of aromatic nitrogens is 2. The van der Waals surface area contributed by atoms with Crippen LogP contribution in [0.1, 0.15) is 0 Å². The van der Waals surface area contributed by atoms with E-state index >= 15 is 0 Å². The summed E-state index contributed by atoms with van der Waals surface area (Å²) in [6.07, 6.45) is 3.35. The fourth-order valence-electron chi connectivity index (χ4n) is 1.73. The van der Waals surface area contributed by atoms with E-state index in [1.807, 2.05) is 18.2 Å². The smallest absolute Gasteiger partial charge is 0.162 e. The van der Waals surface area contributed by atoms with Gasteiger partial charge < -0.3 is 14.5 Å².